The fourth-order valence-corrected chi connectivity index (χ4v) is 3.47. The Bertz CT molecular complexity index is 1350. The van der Waals surface area contributed by atoms with Gasteiger partial charge in [0.2, 0.25) is 5.88 Å². The molecular formula is C24H21ClN3O7-. The van der Waals surface area contributed by atoms with Crippen LogP contribution in [0, 0.1) is 6.92 Å². The van der Waals surface area contributed by atoms with Crippen molar-refractivity contribution in [1.29, 1.82) is 0 Å². The molecule has 182 valence electrons. The molecule has 0 unspecified atom stereocenters. The molecule has 0 aliphatic carbocycles. The number of hydrogen-bond acceptors (Lipinski definition) is 7. The Hall–Kier alpha value is -4.31. The molecule has 0 fully saturated rings. The lowest BCUT2D eigenvalue weighted by atomic mass is 10.1. The van der Waals surface area contributed by atoms with E-state index < -0.39 is 52.6 Å². The second kappa shape index (κ2) is 10.7. The highest BCUT2D eigenvalue weighted by atomic mass is 35.5. The van der Waals surface area contributed by atoms with Crippen LogP contribution in [0.3, 0.4) is 0 Å². The van der Waals surface area contributed by atoms with Crippen LogP contribution in [-0.4, -0.2) is 39.1 Å². The summed E-state index contributed by atoms with van der Waals surface area (Å²) in [5.41, 5.74) is -0.706. The Balaban J connectivity index is 2.07. The predicted octanol–water partition coefficient (Wildman–Crippen LogP) is 0.679. The van der Waals surface area contributed by atoms with Gasteiger partial charge in [0.15, 0.2) is 5.75 Å². The minimum Gasteiger partial charge on any atom is -0.548 e. The minimum atomic E-state index is -1.64. The first-order chi connectivity index (χ1) is 16.6. The third-order valence-electron chi connectivity index (χ3n) is 5.12. The fourth-order valence-electron chi connectivity index (χ4n) is 3.27. The van der Waals surface area contributed by atoms with Gasteiger partial charge in [-0.25, -0.2) is 0 Å². The van der Waals surface area contributed by atoms with Crippen molar-refractivity contribution in [3.63, 3.8) is 0 Å². The van der Waals surface area contributed by atoms with E-state index in [1.807, 2.05) is 24.4 Å². The first-order valence-electron chi connectivity index (χ1n) is 10.3. The van der Waals surface area contributed by atoms with Crippen LogP contribution in [0.25, 0.3) is 0 Å². The van der Waals surface area contributed by atoms with Crippen molar-refractivity contribution in [1.82, 2.24) is 15.2 Å². The van der Waals surface area contributed by atoms with Gasteiger partial charge in [0.25, 0.3) is 17.4 Å². The zero-order chi connectivity index (χ0) is 25.7. The number of aliphatic carboxylic acids is 1. The largest absolute Gasteiger partial charge is 0.548 e. The van der Waals surface area contributed by atoms with E-state index in [1.165, 1.54) is 0 Å². The van der Waals surface area contributed by atoms with E-state index in [2.05, 4.69) is 5.32 Å². The van der Waals surface area contributed by atoms with Gasteiger partial charge in [0, 0.05) is 11.6 Å². The lowest BCUT2D eigenvalue weighted by molar-refractivity contribution is -0.303. The number of carbonyl (C=O) groups is 3. The van der Waals surface area contributed by atoms with Crippen molar-refractivity contribution in [3.05, 3.63) is 91.7 Å². The Morgan fingerprint density at radius 1 is 0.971 bits per heavy atom. The summed E-state index contributed by atoms with van der Waals surface area (Å²) in [5.74, 6) is -5.87. The van der Waals surface area contributed by atoms with Crippen LogP contribution in [0.5, 0.6) is 11.6 Å². The van der Waals surface area contributed by atoms with Crippen LogP contribution in [-0.2, 0) is 17.9 Å². The second-order valence-electron chi connectivity index (χ2n) is 7.63. The molecule has 2 aromatic carbocycles. The third kappa shape index (κ3) is 5.79. The standard InChI is InChI=1S/C24H22ClN3O7/c1-13-6-8-14(9-7-13)10-26-21(32)18-20(31)19(22(33)27-11-17(29)30)24(35)28(23(18)34)12-15-4-2-3-5-16(15)25/h2-9,31,34H,10-12H2,1H3,(H,26,32)(H,27,33)(H,29,30)/p-1. The molecule has 0 saturated carbocycles. The number of pyridine rings is 1. The number of aromatic nitrogens is 1. The molecule has 0 bridgehead atoms. The molecule has 0 atom stereocenters. The highest BCUT2D eigenvalue weighted by molar-refractivity contribution is 6.31. The molecule has 1 heterocycles. The number of carbonyl (C=O) groups excluding carboxylic acids is 3. The fraction of sp³-hybridized carbons (Fsp3) is 0.167. The van der Waals surface area contributed by atoms with Gasteiger partial charge in [-0.2, -0.15) is 0 Å². The quantitative estimate of drug-likeness (QED) is 0.355. The summed E-state index contributed by atoms with van der Waals surface area (Å²) in [6, 6.07) is 13.6. The number of halogens is 1. The predicted molar refractivity (Wildman–Crippen MR) is 124 cm³/mol. The first-order valence-corrected chi connectivity index (χ1v) is 10.7. The van der Waals surface area contributed by atoms with E-state index in [0.29, 0.717) is 10.1 Å². The highest BCUT2D eigenvalue weighted by Crippen LogP contribution is 2.29. The summed E-state index contributed by atoms with van der Waals surface area (Å²) >= 11 is 6.15. The van der Waals surface area contributed by atoms with Crippen molar-refractivity contribution in [3.8, 4) is 11.6 Å². The molecule has 0 radical (unpaired) electrons. The normalized spacial score (nSPS) is 10.6. The number of benzene rings is 2. The summed E-state index contributed by atoms with van der Waals surface area (Å²) in [6.07, 6.45) is 0. The summed E-state index contributed by atoms with van der Waals surface area (Å²) in [4.78, 5) is 49.3. The van der Waals surface area contributed by atoms with E-state index in [-0.39, 0.29) is 18.1 Å². The van der Waals surface area contributed by atoms with Crippen LogP contribution >= 0.6 is 11.6 Å². The zero-order valence-electron chi connectivity index (χ0n) is 18.5. The Morgan fingerprint density at radius 3 is 2.23 bits per heavy atom. The summed E-state index contributed by atoms with van der Waals surface area (Å²) in [5, 5.41) is 36.9. The highest BCUT2D eigenvalue weighted by Gasteiger charge is 2.30. The van der Waals surface area contributed by atoms with E-state index in [9.17, 15) is 34.5 Å². The van der Waals surface area contributed by atoms with E-state index in [1.54, 1.807) is 36.4 Å². The monoisotopic (exact) mass is 498 g/mol. The van der Waals surface area contributed by atoms with E-state index in [0.717, 1.165) is 11.1 Å². The molecule has 0 saturated heterocycles. The van der Waals surface area contributed by atoms with Crippen LogP contribution in [0.2, 0.25) is 5.02 Å². The van der Waals surface area contributed by atoms with Crippen molar-refractivity contribution in [2.24, 2.45) is 0 Å². The van der Waals surface area contributed by atoms with Gasteiger partial charge in [-0.3, -0.25) is 19.0 Å². The number of nitrogens with zero attached hydrogens (tertiary/aromatic N) is 1. The third-order valence-corrected chi connectivity index (χ3v) is 5.49. The van der Waals surface area contributed by atoms with Crippen molar-refractivity contribution in [2.75, 3.05) is 6.54 Å². The lowest BCUT2D eigenvalue weighted by Gasteiger charge is -2.17. The summed E-state index contributed by atoms with van der Waals surface area (Å²) in [7, 11) is 0. The Morgan fingerprint density at radius 2 is 1.60 bits per heavy atom. The maximum Gasteiger partial charge on any atom is 0.270 e. The molecule has 3 rings (SSSR count). The van der Waals surface area contributed by atoms with E-state index in [4.69, 9.17) is 11.6 Å². The molecule has 1 aromatic heterocycles. The maximum atomic E-state index is 13.0. The van der Waals surface area contributed by atoms with Crippen LogP contribution in [0.15, 0.2) is 53.3 Å². The first kappa shape index (κ1) is 25.3. The van der Waals surface area contributed by atoms with Gasteiger partial charge in [0.05, 0.1) is 19.1 Å². The molecule has 11 heteroatoms. The number of rotatable bonds is 8. The summed E-state index contributed by atoms with van der Waals surface area (Å²) in [6.45, 7) is 0.628. The van der Waals surface area contributed by atoms with Gasteiger partial charge >= 0.3 is 0 Å². The van der Waals surface area contributed by atoms with Crippen molar-refractivity contribution >= 4 is 29.4 Å². The van der Waals surface area contributed by atoms with Gasteiger partial charge in [-0.15, -0.1) is 0 Å². The van der Waals surface area contributed by atoms with Gasteiger partial charge in [-0.05, 0) is 24.1 Å². The topological polar surface area (TPSA) is 161 Å². The van der Waals surface area contributed by atoms with Crippen LogP contribution in [0.4, 0.5) is 0 Å². The van der Waals surface area contributed by atoms with Gasteiger partial charge in [-0.1, -0.05) is 59.6 Å². The lowest BCUT2D eigenvalue weighted by Crippen LogP contribution is -2.41. The smallest absolute Gasteiger partial charge is 0.270 e. The Labute approximate surface area is 204 Å². The average molecular weight is 499 g/mol. The number of carboxylic acid groups (broad SMARTS) is 1. The van der Waals surface area contributed by atoms with E-state index >= 15 is 0 Å². The molecule has 10 nitrogen and oxygen atoms in total. The number of carboxylic acids is 1. The molecule has 4 N–H and O–H groups in total. The maximum absolute atomic E-state index is 13.0. The molecule has 0 aliphatic rings. The average Bonchev–Trinajstić information content (AvgIpc) is 2.81. The van der Waals surface area contributed by atoms with Crippen molar-refractivity contribution in [2.45, 2.75) is 20.0 Å². The van der Waals surface area contributed by atoms with Crippen LogP contribution < -0.4 is 21.3 Å². The molecule has 35 heavy (non-hydrogen) atoms. The van der Waals surface area contributed by atoms with Gasteiger partial charge in [0.1, 0.15) is 11.1 Å². The zero-order valence-corrected chi connectivity index (χ0v) is 19.3. The number of nitrogens with one attached hydrogen (secondary N) is 2. The SMILES string of the molecule is Cc1ccc(CNC(=O)c2c(O)c(C(=O)NCC(=O)[O-])c(=O)n(Cc3ccccc3Cl)c2O)cc1. The summed E-state index contributed by atoms with van der Waals surface area (Å²) < 4.78 is 0.690. The number of aryl methyl sites for hydroxylation is 1. The molecular weight excluding hydrogens is 478 g/mol. The minimum absolute atomic E-state index is 0.0217. The molecule has 0 aliphatic heterocycles. The second-order valence-corrected chi connectivity index (χ2v) is 8.04. The number of amides is 2. The van der Waals surface area contributed by atoms with Crippen molar-refractivity contribution < 1.29 is 29.7 Å². The molecule has 0 spiro atoms. The Kier molecular flexibility index (Phi) is 7.77. The molecule has 3 aromatic rings. The van der Waals surface area contributed by atoms with Crippen LogP contribution in [0.1, 0.15) is 37.4 Å². The number of aromatic hydroxyl groups is 2. The van der Waals surface area contributed by atoms with Gasteiger partial charge < -0.3 is 30.7 Å². The number of hydrogen-bond donors (Lipinski definition) is 4. The molecule has 2 amide bonds.